The lowest BCUT2D eigenvalue weighted by molar-refractivity contribution is -0.119. The maximum atomic E-state index is 13.5. The van der Waals surface area contributed by atoms with Gasteiger partial charge in [0, 0.05) is 10.6 Å². The highest BCUT2D eigenvalue weighted by Crippen LogP contribution is 2.28. The number of rotatable bonds is 10. The first-order chi connectivity index (χ1) is 19.6. The molecule has 0 aliphatic carbocycles. The number of esters is 1. The van der Waals surface area contributed by atoms with Crippen LogP contribution in [0.1, 0.15) is 34.2 Å². The Labute approximate surface area is 243 Å². The van der Waals surface area contributed by atoms with Crippen molar-refractivity contribution in [3.8, 4) is 11.3 Å². The third kappa shape index (κ3) is 7.22. The van der Waals surface area contributed by atoms with Crippen LogP contribution in [0.2, 0.25) is 5.02 Å². The Morgan fingerprint density at radius 2 is 1.71 bits per heavy atom. The molecule has 41 heavy (non-hydrogen) atoms. The Hall–Kier alpha value is -4.41. The number of ether oxygens (including phenoxy) is 1. The lowest BCUT2D eigenvalue weighted by atomic mass is 10.1. The summed E-state index contributed by atoms with van der Waals surface area (Å²) in [7, 11) is -4.10. The van der Waals surface area contributed by atoms with Crippen LogP contribution in [-0.2, 0) is 19.6 Å². The molecule has 4 rings (SSSR count). The van der Waals surface area contributed by atoms with Gasteiger partial charge in [0.1, 0.15) is 18.1 Å². The molecule has 212 valence electrons. The van der Waals surface area contributed by atoms with E-state index in [9.17, 15) is 18.0 Å². The molecule has 4 aromatic rings. The van der Waals surface area contributed by atoms with Crippen LogP contribution in [0.25, 0.3) is 11.3 Å². The van der Waals surface area contributed by atoms with Crippen LogP contribution in [0.4, 0.5) is 5.69 Å². The molecular weight excluding hydrogens is 566 g/mol. The maximum Gasteiger partial charge on any atom is 0.338 e. The molecule has 1 aromatic heterocycles. The van der Waals surface area contributed by atoms with Gasteiger partial charge in [-0.3, -0.25) is 9.10 Å². The second kappa shape index (κ2) is 12.8. The summed E-state index contributed by atoms with van der Waals surface area (Å²) in [4.78, 5) is 24.7. The summed E-state index contributed by atoms with van der Waals surface area (Å²) in [6, 6.07) is 21.2. The lowest BCUT2D eigenvalue weighted by Crippen LogP contribution is -2.39. The molecule has 0 atom stereocenters. The van der Waals surface area contributed by atoms with E-state index in [-0.39, 0.29) is 10.6 Å². The maximum absolute atomic E-state index is 13.5. The molecule has 0 bridgehead atoms. The molecular formula is C30H28ClN3O6S. The summed E-state index contributed by atoms with van der Waals surface area (Å²) in [5, 5.41) is 4.29. The van der Waals surface area contributed by atoms with Crippen molar-refractivity contribution in [2.24, 2.45) is 5.10 Å². The minimum atomic E-state index is -4.10. The average molecular weight is 594 g/mol. The van der Waals surface area contributed by atoms with Gasteiger partial charge in [0.25, 0.3) is 15.9 Å². The smallest absolute Gasteiger partial charge is 0.338 e. The van der Waals surface area contributed by atoms with Crippen molar-refractivity contribution in [3.63, 3.8) is 0 Å². The first-order valence-electron chi connectivity index (χ1n) is 12.6. The van der Waals surface area contributed by atoms with E-state index < -0.39 is 28.4 Å². The largest absolute Gasteiger partial charge is 0.462 e. The number of hydrogen-bond donors (Lipinski definition) is 1. The number of anilines is 1. The number of amides is 1. The second-order valence-corrected chi connectivity index (χ2v) is 11.3. The van der Waals surface area contributed by atoms with E-state index in [4.69, 9.17) is 20.8 Å². The zero-order chi connectivity index (χ0) is 29.6. The SMILES string of the molecule is CCOC(=O)c1ccc(-c2ccc(/C=N\NC(=O)CN(c3ccc(C)c(Cl)c3)S(=O)(=O)c3ccc(C)cc3)o2)cc1. The molecule has 0 aliphatic heterocycles. The Morgan fingerprint density at radius 3 is 2.37 bits per heavy atom. The van der Waals surface area contributed by atoms with Crippen LogP contribution in [0.3, 0.4) is 0 Å². The summed E-state index contributed by atoms with van der Waals surface area (Å²) in [6.07, 6.45) is 1.30. The Bertz CT molecular complexity index is 1680. The molecule has 0 fully saturated rings. The van der Waals surface area contributed by atoms with Crippen LogP contribution in [0, 0.1) is 13.8 Å². The molecule has 11 heteroatoms. The van der Waals surface area contributed by atoms with Gasteiger partial charge in [-0.1, -0.05) is 47.5 Å². The number of hydrogen-bond acceptors (Lipinski definition) is 7. The van der Waals surface area contributed by atoms with E-state index in [2.05, 4.69) is 10.5 Å². The average Bonchev–Trinajstić information content (AvgIpc) is 3.42. The van der Waals surface area contributed by atoms with Gasteiger partial charge in [-0.2, -0.15) is 5.10 Å². The fraction of sp³-hybridized carbons (Fsp3) is 0.167. The summed E-state index contributed by atoms with van der Waals surface area (Å²) in [6.45, 7) is 5.14. The number of furan rings is 1. The number of carbonyl (C=O) groups excluding carboxylic acids is 2. The first kappa shape index (κ1) is 29.6. The van der Waals surface area contributed by atoms with Gasteiger partial charge < -0.3 is 9.15 Å². The molecule has 1 N–H and O–H groups in total. The van der Waals surface area contributed by atoms with Gasteiger partial charge >= 0.3 is 5.97 Å². The highest BCUT2D eigenvalue weighted by atomic mass is 35.5. The fourth-order valence-corrected chi connectivity index (χ4v) is 5.37. The number of sulfonamides is 1. The third-order valence-corrected chi connectivity index (χ3v) is 8.22. The van der Waals surface area contributed by atoms with E-state index in [0.717, 1.165) is 21.0 Å². The van der Waals surface area contributed by atoms with Crippen molar-refractivity contribution in [2.45, 2.75) is 25.7 Å². The zero-order valence-corrected chi connectivity index (χ0v) is 24.2. The van der Waals surface area contributed by atoms with Crippen molar-refractivity contribution in [3.05, 3.63) is 106 Å². The van der Waals surface area contributed by atoms with Gasteiger partial charge in [-0.05, 0) is 74.9 Å². The van der Waals surface area contributed by atoms with Crippen molar-refractivity contribution < 1.29 is 27.2 Å². The highest BCUT2D eigenvalue weighted by Gasteiger charge is 2.27. The summed E-state index contributed by atoms with van der Waals surface area (Å²) < 4.78 is 38.8. The van der Waals surface area contributed by atoms with Gasteiger partial charge in [0.05, 0.1) is 29.0 Å². The van der Waals surface area contributed by atoms with Gasteiger partial charge in [0.2, 0.25) is 0 Å². The van der Waals surface area contributed by atoms with Crippen molar-refractivity contribution in [1.82, 2.24) is 5.43 Å². The Morgan fingerprint density at radius 1 is 1.00 bits per heavy atom. The minimum absolute atomic E-state index is 0.0366. The monoisotopic (exact) mass is 593 g/mol. The summed E-state index contributed by atoms with van der Waals surface area (Å²) in [5.74, 6) is -0.197. The molecule has 0 spiro atoms. The molecule has 3 aromatic carbocycles. The van der Waals surface area contributed by atoms with Crippen LogP contribution in [0.5, 0.6) is 0 Å². The summed E-state index contributed by atoms with van der Waals surface area (Å²) in [5.41, 5.74) is 5.42. The molecule has 0 saturated heterocycles. The van der Waals surface area contributed by atoms with Crippen molar-refractivity contribution >= 4 is 45.4 Å². The molecule has 1 amide bonds. The molecule has 0 aliphatic rings. The predicted octanol–water partition coefficient (Wildman–Crippen LogP) is 5.74. The van der Waals surface area contributed by atoms with Crippen molar-refractivity contribution in [2.75, 3.05) is 17.5 Å². The standard InChI is InChI=1S/C30H28ClN3O6S/c1-4-39-30(36)23-10-8-22(9-11-23)28-16-13-25(40-28)18-32-33-29(35)19-34(24-12-7-21(3)27(31)17-24)41(37,38)26-14-5-20(2)6-15-26/h5-18H,4,19H2,1-3H3,(H,33,35)/b32-18-. The Kier molecular flexibility index (Phi) is 9.26. The number of carbonyl (C=O) groups is 2. The van der Waals surface area contributed by atoms with E-state index in [1.165, 1.54) is 24.4 Å². The third-order valence-electron chi connectivity index (χ3n) is 6.03. The molecule has 0 saturated carbocycles. The zero-order valence-electron chi connectivity index (χ0n) is 22.6. The van der Waals surface area contributed by atoms with E-state index in [0.29, 0.717) is 28.7 Å². The van der Waals surface area contributed by atoms with Crippen LogP contribution in [-0.4, -0.2) is 39.7 Å². The van der Waals surface area contributed by atoms with Gasteiger partial charge in [-0.25, -0.2) is 18.6 Å². The van der Waals surface area contributed by atoms with Gasteiger partial charge in [-0.15, -0.1) is 0 Å². The second-order valence-electron chi connectivity index (χ2n) is 9.05. The molecule has 1 heterocycles. The van der Waals surface area contributed by atoms with Crippen molar-refractivity contribution in [1.29, 1.82) is 0 Å². The summed E-state index contributed by atoms with van der Waals surface area (Å²) >= 11 is 6.27. The molecule has 0 radical (unpaired) electrons. The topological polar surface area (TPSA) is 118 Å². The van der Waals surface area contributed by atoms with Gasteiger partial charge in [0.15, 0.2) is 0 Å². The number of aryl methyl sites for hydroxylation is 2. The predicted molar refractivity (Wildman–Crippen MR) is 158 cm³/mol. The number of nitrogens with zero attached hydrogens (tertiary/aromatic N) is 2. The minimum Gasteiger partial charge on any atom is -0.462 e. The van der Waals surface area contributed by atoms with E-state index >= 15 is 0 Å². The molecule has 0 unspecified atom stereocenters. The van der Waals surface area contributed by atoms with Crippen LogP contribution < -0.4 is 9.73 Å². The number of nitrogens with one attached hydrogen (secondary N) is 1. The van der Waals surface area contributed by atoms with Crippen LogP contribution >= 0.6 is 11.6 Å². The van der Waals surface area contributed by atoms with E-state index in [1.54, 1.807) is 74.5 Å². The molecule has 9 nitrogen and oxygen atoms in total. The normalized spacial score (nSPS) is 11.4. The number of halogens is 1. The number of benzene rings is 3. The Balaban J connectivity index is 1.47. The number of hydrazone groups is 1. The highest BCUT2D eigenvalue weighted by molar-refractivity contribution is 7.92. The van der Waals surface area contributed by atoms with E-state index in [1.807, 2.05) is 6.92 Å². The first-order valence-corrected chi connectivity index (χ1v) is 14.4. The fourth-order valence-electron chi connectivity index (χ4n) is 3.79. The quantitative estimate of drug-likeness (QED) is 0.142. The van der Waals surface area contributed by atoms with Crippen LogP contribution in [0.15, 0.2) is 93.3 Å². The lowest BCUT2D eigenvalue weighted by Gasteiger charge is -2.24.